The number of aryl methyl sites for hydroxylation is 1. The lowest BCUT2D eigenvalue weighted by atomic mass is 9.95. The molecule has 0 bridgehead atoms. The zero-order valence-electron chi connectivity index (χ0n) is 26.7. The zero-order valence-corrected chi connectivity index (χ0v) is 26.7. The Hall–Kier alpha value is -4.05. The molecule has 3 N–H and O–H groups in total. The fourth-order valence-electron chi connectivity index (χ4n) is 6.90. The Morgan fingerprint density at radius 3 is 2.41 bits per heavy atom. The van der Waals surface area contributed by atoms with Crippen molar-refractivity contribution in [1.29, 1.82) is 0 Å². The summed E-state index contributed by atoms with van der Waals surface area (Å²) in [6.45, 7) is 3.95. The third kappa shape index (κ3) is 7.33. The van der Waals surface area contributed by atoms with E-state index in [0.29, 0.717) is 51.1 Å². The van der Waals surface area contributed by atoms with Gasteiger partial charge in [-0.15, -0.1) is 0 Å². The van der Waals surface area contributed by atoms with Gasteiger partial charge in [0.2, 0.25) is 5.91 Å². The van der Waals surface area contributed by atoms with Crippen molar-refractivity contribution in [3.63, 3.8) is 0 Å². The molecule has 9 heteroatoms. The predicted octanol–water partition coefficient (Wildman–Crippen LogP) is 4.61. The number of nitrogens with two attached hydrogens (primary N) is 1. The normalized spacial score (nSPS) is 19.1. The maximum atomic E-state index is 13.4. The Morgan fingerprint density at radius 1 is 0.957 bits per heavy atom. The minimum atomic E-state index is -0.427. The lowest BCUT2D eigenvalue weighted by Gasteiger charge is -2.33. The Labute approximate surface area is 271 Å². The van der Waals surface area contributed by atoms with Crippen LogP contribution in [0.15, 0.2) is 72.8 Å². The molecule has 3 heterocycles. The van der Waals surface area contributed by atoms with E-state index in [4.69, 9.17) is 15.5 Å². The molecule has 3 unspecified atom stereocenters. The number of para-hydroxylation sites is 2. The number of rotatable bonds is 11. The molecular weight excluding hydrogens is 578 g/mol. The van der Waals surface area contributed by atoms with E-state index in [-0.39, 0.29) is 23.8 Å². The number of hydrogen-bond donors (Lipinski definition) is 2. The summed E-state index contributed by atoms with van der Waals surface area (Å²) < 4.78 is 7.62. The van der Waals surface area contributed by atoms with Crippen LogP contribution in [0.5, 0.6) is 0 Å². The van der Waals surface area contributed by atoms with Crippen molar-refractivity contribution in [2.45, 2.75) is 63.1 Å². The lowest BCUT2D eigenvalue weighted by Crippen LogP contribution is -2.42. The number of aliphatic hydroxyl groups excluding tert-OH is 1. The second-order valence-corrected chi connectivity index (χ2v) is 12.8. The predicted molar refractivity (Wildman–Crippen MR) is 179 cm³/mol. The van der Waals surface area contributed by atoms with Gasteiger partial charge in [-0.1, -0.05) is 48.5 Å². The van der Waals surface area contributed by atoms with Crippen LogP contribution in [0.1, 0.15) is 59.8 Å². The van der Waals surface area contributed by atoms with Gasteiger partial charge in [0.05, 0.1) is 17.1 Å². The molecule has 3 aromatic carbocycles. The number of nitrogens with zero attached hydrogens (tertiary/aromatic N) is 4. The van der Waals surface area contributed by atoms with Gasteiger partial charge in [0.15, 0.2) is 0 Å². The first kappa shape index (κ1) is 31.9. The zero-order chi connectivity index (χ0) is 32.0. The highest BCUT2D eigenvalue weighted by molar-refractivity contribution is 5.95. The highest BCUT2D eigenvalue weighted by Crippen LogP contribution is 2.30. The van der Waals surface area contributed by atoms with E-state index >= 15 is 0 Å². The van der Waals surface area contributed by atoms with Crippen LogP contribution in [0.4, 0.5) is 0 Å². The number of carbonyl (C=O) groups excluding carboxylic acids is 2. The van der Waals surface area contributed by atoms with Crippen LogP contribution >= 0.6 is 0 Å². The molecule has 9 nitrogen and oxygen atoms in total. The summed E-state index contributed by atoms with van der Waals surface area (Å²) in [5.74, 6) is 1.32. The van der Waals surface area contributed by atoms with Crippen molar-refractivity contribution in [3.05, 3.63) is 89.7 Å². The van der Waals surface area contributed by atoms with Gasteiger partial charge in [-0.3, -0.25) is 9.59 Å². The minimum Gasteiger partial charge on any atom is -0.391 e. The molecule has 0 aliphatic carbocycles. The summed E-state index contributed by atoms with van der Waals surface area (Å²) in [7, 11) is 1.73. The Bertz CT molecular complexity index is 1630. The van der Waals surface area contributed by atoms with Crippen molar-refractivity contribution < 1.29 is 19.4 Å². The molecule has 0 radical (unpaired) electrons. The molecule has 2 fully saturated rings. The average molecular weight is 624 g/mol. The molecule has 6 rings (SSSR count). The fourth-order valence-corrected chi connectivity index (χ4v) is 6.90. The number of amides is 2. The maximum Gasteiger partial charge on any atom is 0.253 e. The molecule has 46 heavy (non-hydrogen) atoms. The quantitative estimate of drug-likeness (QED) is 0.236. The summed E-state index contributed by atoms with van der Waals surface area (Å²) in [5, 5.41) is 9.75. The van der Waals surface area contributed by atoms with Crippen molar-refractivity contribution in [1.82, 2.24) is 19.4 Å². The first-order chi connectivity index (χ1) is 22.4. The van der Waals surface area contributed by atoms with Crippen LogP contribution in [0.2, 0.25) is 0 Å². The largest absolute Gasteiger partial charge is 0.391 e. The SMILES string of the molecule is COCCCn1c(C2CCCN(C(=O)CC(N)Cc3ccc(-c4ccc(C(=O)N5CCC(O)C5)cc4)cc3)C2)nc2ccccc21. The third-order valence-electron chi connectivity index (χ3n) is 9.36. The highest BCUT2D eigenvalue weighted by atomic mass is 16.5. The first-order valence-corrected chi connectivity index (χ1v) is 16.5. The van der Waals surface area contributed by atoms with Gasteiger partial charge < -0.3 is 29.9 Å². The number of hydrogen-bond acceptors (Lipinski definition) is 6. The van der Waals surface area contributed by atoms with E-state index in [2.05, 4.69) is 47.0 Å². The molecule has 0 saturated carbocycles. The number of imidazole rings is 1. The number of benzene rings is 3. The number of fused-ring (bicyclic) bond motifs is 1. The van der Waals surface area contributed by atoms with E-state index in [1.807, 2.05) is 35.2 Å². The number of β-amino-alcohol motifs (C(OH)–C–C–N with tert-alkyl or cyclic N) is 1. The number of ether oxygens (including phenoxy) is 1. The molecule has 1 aromatic heterocycles. The summed E-state index contributed by atoms with van der Waals surface area (Å²) in [6, 6.07) is 23.8. The Morgan fingerprint density at radius 2 is 1.70 bits per heavy atom. The van der Waals surface area contributed by atoms with E-state index in [0.717, 1.165) is 65.9 Å². The van der Waals surface area contributed by atoms with Gasteiger partial charge in [-0.05, 0) is 73.1 Å². The average Bonchev–Trinajstić information content (AvgIpc) is 3.68. The molecule has 2 aliphatic rings. The standard InChI is InChI=1S/C37H45N5O4/c1-46-21-5-19-42-34-8-3-2-7-33(34)39-36(42)30-6-4-18-40(24-30)35(44)23-31(38)22-26-9-11-27(12-10-26)28-13-15-29(16-14-28)37(45)41-20-17-32(43)25-41/h2-3,7-16,30-32,43H,4-6,17-25,38H2,1H3. The van der Waals surface area contributed by atoms with E-state index in [1.165, 1.54) is 0 Å². The number of aliphatic hydroxyl groups is 1. The van der Waals surface area contributed by atoms with Gasteiger partial charge in [0, 0.05) is 70.4 Å². The van der Waals surface area contributed by atoms with E-state index < -0.39 is 6.10 Å². The Kier molecular flexibility index (Phi) is 10.1. The number of methoxy groups -OCH3 is 1. The van der Waals surface area contributed by atoms with E-state index in [1.54, 1.807) is 12.0 Å². The fraction of sp³-hybridized carbons (Fsp3) is 0.432. The van der Waals surface area contributed by atoms with Crippen LogP contribution < -0.4 is 5.73 Å². The second-order valence-electron chi connectivity index (χ2n) is 12.8. The molecule has 3 atom stereocenters. The molecule has 2 aliphatic heterocycles. The Balaban J connectivity index is 1.04. The topological polar surface area (TPSA) is 114 Å². The van der Waals surface area contributed by atoms with Gasteiger partial charge in [0.25, 0.3) is 5.91 Å². The number of likely N-dealkylation sites (tertiary alicyclic amines) is 2. The van der Waals surface area contributed by atoms with Crippen LogP contribution in [0.3, 0.4) is 0 Å². The summed E-state index contributed by atoms with van der Waals surface area (Å²) in [5.41, 5.74) is 12.5. The van der Waals surface area contributed by atoms with Crippen molar-refractivity contribution in [2.24, 2.45) is 5.73 Å². The summed E-state index contributed by atoms with van der Waals surface area (Å²) in [4.78, 5) is 34.8. The molecule has 4 aromatic rings. The summed E-state index contributed by atoms with van der Waals surface area (Å²) >= 11 is 0. The molecule has 242 valence electrons. The second kappa shape index (κ2) is 14.6. The first-order valence-electron chi connectivity index (χ1n) is 16.5. The van der Waals surface area contributed by atoms with Gasteiger partial charge >= 0.3 is 0 Å². The number of piperidine rings is 1. The third-order valence-corrected chi connectivity index (χ3v) is 9.36. The van der Waals surface area contributed by atoms with Crippen molar-refractivity contribution >= 4 is 22.8 Å². The minimum absolute atomic E-state index is 0.0418. The van der Waals surface area contributed by atoms with Gasteiger partial charge in [-0.2, -0.15) is 0 Å². The molecular formula is C37H45N5O4. The van der Waals surface area contributed by atoms with Gasteiger partial charge in [-0.25, -0.2) is 4.98 Å². The smallest absolute Gasteiger partial charge is 0.253 e. The van der Waals surface area contributed by atoms with E-state index in [9.17, 15) is 14.7 Å². The maximum absolute atomic E-state index is 13.4. The number of aromatic nitrogens is 2. The van der Waals surface area contributed by atoms with Crippen LogP contribution in [-0.4, -0.2) is 88.3 Å². The lowest BCUT2D eigenvalue weighted by molar-refractivity contribution is -0.132. The number of carbonyl (C=O) groups is 2. The van der Waals surface area contributed by atoms with Crippen molar-refractivity contribution in [3.8, 4) is 11.1 Å². The highest BCUT2D eigenvalue weighted by Gasteiger charge is 2.29. The van der Waals surface area contributed by atoms with Crippen LogP contribution in [0.25, 0.3) is 22.2 Å². The van der Waals surface area contributed by atoms with Crippen LogP contribution in [0, 0.1) is 0 Å². The van der Waals surface area contributed by atoms with Crippen molar-refractivity contribution in [2.75, 3.05) is 39.9 Å². The monoisotopic (exact) mass is 623 g/mol. The van der Waals surface area contributed by atoms with Gasteiger partial charge in [0.1, 0.15) is 5.82 Å². The molecule has 2 saturated heterocycles. The molecule has 2 amide bonds. The molecule has 0 spiro atoms. The van der Waals surface area contributed by atoms with Crippen LogP contribution in [-0.2, 0) is 22.5 Å². The summed E-state index contributed by atoms with van der Waals surface area (Å²) in [6.07, 6.45) is 4.00.